The Kier molecular flexibility index (Phi) is 4.24. The van der Waals surface area contributed by atoms with Gasteiger partial charge in [-0.15, -0.1) is 0 Å². The van der Waals surface area contributed by atoms with Crippen LogP contribution in [0.5, 0.6) is 0 Å². The second kappa shape index (κ2) is 6.10. The van der Waals surface area contributed by atoms with Gasteiger partial charge in [-0.05, 0) is 12.8 Å². The molecule has 2 rings (SSSR count). The van der Waals surface area contributed by atoms with Gasteiger partial charge in [0, 0.05) is 19.0 Å². The molecule has 0 aliphatic heterocycles. The number of hydrazine groups is 1. The number of carbonyl (C=O) groups excluding carboxylic acids is 2. The van der Waals surface area contributed by atoms with E-state index in [2.05, 4.69) is 26.0 Å². The molecule has 1 fully saturated rings. The van der Waals surface area contributed by atoms with Crippen LogP contribution in [0.25, 0.3) is 0 Å². The molecule has 2 amide bonds. The van der Waals surface area contributed by atoms with Gasteiger partial charge in [0.1, 0.15) is 5.69 Å². The van der Waals surface area contributed by atoms with E-state index in [0.717, 1.165) is 12.8 Å². The molecule has 0 bridgehead atoms. The second-order valence-electron chi connectivity index (χ2n) is 4.26. The molecule has 8 heteroatoms. The smallest absolute Gasteiger partial charge is 0.271 e. The first-order valence-corrected chi connectivity index (χ1v) is 6.05. The predicted octanol–water partition coefficient (Wildman–Crippen LogP) is -0.982. The van der Waals surface area contributed by atoms with E-state index >= 15 is 0 Å². The molecule has 5 N–H and O–H groups in total. The Morgan fingerprint density at radius 3 is 2.68 bits per heavy atom. The molecule has 0 unspecified atom stereocenters. The summed E-state index contributed by atoms with van der Waals surface area (Å²) < 4.78 is 0. The first kappa shape index (κ1) is 13.2. The summed E-state index contributed by atoms with van der Waals surface area (Å²) in [6.07, 6.45) is 4.69. The zero-order valence-electron chi connectivity index (χ0n) is 10.3. The largest absolute Gasteiger partial charge is 0.354 e. The van der Waals surface area contributed by atoms with E-state index in [1.54, 1.807) is 0 Å². The molecule has 0 spiro atoms. The molecule has 0 saturated heterocycles. The van der Waals surface area contributed by atoms with E-state index < -0.39 is 0 Å². The highest BCUT2D eigenvalue weighted by atomic mass is 16.2. The maximum Gasteiger partial charge on any atom is 0.271 e. The monoisotopic (exact) mass is 264 g/mol. The van der Waals surface area contributed by atoms with Gasteiger partial charge in [-0.25, -0.2) is 10.8 Å². The van der Waals surface area contributed by atoms with Crippen LogP contribution in [0.2, 0.25) is 0 Å². The molecule has 1 aromatic rings. The molecule has 102 valence electrons. The lowest BCUT2D eigenvalue weighted by Gasteiger charge is -2.06. The molecule has 1 aliphatic carbocycles. The summed E-state index contributed by atoms with van der Waals surface area (Å²) in [4.78, 5) is 30.8. The van der Waals surface area contributed by atoms with Crippen molar-refractivity contribution in [2.45, 2.75) is 12.8 Å². The second-order valence-corrected chi connectivity index (χ2v) is 4.26. The number of carbonyl (C=O) groups is 2. The number of rotatable bonds is 6. The van der Waals surface area contributed by atoms with E-state index in [9.17, 15) is 9.59 Å². The van der Waals surface area contributed by atoms with Crippen molar-refractivity contribution >= 4 is 17.6 Å². The molecule has 0 atom stereocenters. The lowest BCUT2D eigenvalue weighted by atomic mass is 10.4. The average molecular weight is 264 g/mol. The van der Waals surface area contributed by atoms with Gasteiger partial charge in [0.25, 0.3) is 5.91 Å². The van der Waals surface area contributed by atoms with E-state index in [-0.39, 0.29) is 23.4 Å². The quantitative estimate of drug-likeness (QED) is 0.297. The maximum atomic E-state index is 11.7. The van der Waals surface area contributed by atoms with E-state index in [4.69, 9.17) is 5.84 Å². The van der Waals surface area contributed by atoms with Crippen molar-refractivity contribution in [3.8, 4) is 0 Å². The molecular weight excluding hydrogens is 248 g/mol. The fourth-order valence-electron chi connectivity index (χ4n) is 1.49. The summed E-state index contributed by atoms with van der Waals surface area (Å²) in [7, 11) is 0. The Labute approximate surface area is 110 Å². The minimum atomic E-state index is -0.356. The maximum absolute atomic E-state index is 11.7. The summed E-state index contributed by atoms with van der Waals surface area (Å²) in [5.74, 6) is 5.37. The number of anilines is 1. The highest BCUT2D eigenvalue weighted by Crippen LogP contribution is 2.28. The number of hydrogen-bond donors (Lipinski definition) is 4. The Bertz CT molecular complexity index is 474. The topological polar surface area (TPSA) is 122 Å². The van der Waals surface area contributed by atoms with Crippen LogP contribution in [0.1, 0.15) is 23.3 Å². The fourth-order valence-corrected chi connectivity index (χ4v) is 1.49. The molecule has 1 saturated carbocycles. The zero-order valence-corrected chi connectivity index (χ0v) is 10.3. The van der Waals surface area contributed by atoms with Crippen molar-refractivity contribution in [3.63, 3.8) is 0 Å². The van der Waals surface area contributed by atoms with E-state index in [0.29, 0.717) is 18.9 Å². The standard InChI is InChI=1S/C11H16N6O2/c12-17-9-6-13-5-8(16-9)11(19)15-4-3-14-10(18)7-1-2-7/h5-7H,1-4,12H2,(H,14,18)(H,15,19)(H,16,17). The molecule has 1 heterocycles. The third-order valence-electron chi connectivity index (χ3n) is 2.67. The minimum absolute atomic E-state index is 0.0587. The van der Waals surface area contributed by atoms with Crippen molar-refractivity contribution in [2.75, 3.05) is 18.5 Å². The highest BCUT2D eigenvalue weighted by Gasteiger charge is 2.28. The van der Waals surface area contributed by atoms with Crippen LogP contribution in [-0.2, 0) is 4.79 Å². The number of nitrogen functional groups attached to an aromatic ring is 1. The van der Waals surface area contributed by atoms with Crippen LogP contribution >= 0.6 is 0 Å². The number of nitrogens with zero attached hydrogens (tertiary/aromatic N) is 2. The number of aromatic nitrogens is 2. The normalized spacial score (nSPS) is 13.7. The van der Waals surface area contributed by atoms with Gasteiger partial charge in [-0.2, -0.15) is 0 Å². The Balaban J connectivity index is 1.72. The molecule has 19 heavy (non-hydrogen) atoms. The summed E-state index contributed by atoms with van der Waals surface area (Å²) >= 11 is 0. The third-order valence-corrected chi connectivity index (χ3v) is 2.67. The minimum Gasteiger partial charge on any atom is -0.354 e. The fraction of sp³-hybridized carbons (Fsp3) is 0.455. The van der Waals surface area contributed by atoms with Gasteiger partial charge >= 0.3 is 0 Å². The Hall–Kier alpha value is -2.22. The van der Waals surface area contributed by atoms with Gasteiger partial charge in [-0.3, -0.25) is 14.6 Å². The van der Waals surface area contributed by atoms with Crippen LogP contribution < -0.4 is 21.9 Å². The van der Waals surface area contributed by atoms with Crippen LogP contribution in [0, 0.1) is 5.92 Å². The predicted molar refractivity (Wildman–Crippen MR) is 67.9 cm³/mol. The van der Waals surface area contributed by atoms with Crippen LogP contribution in [0.3, 0.4) is 0 Å². The molecule has 0 aromatic carbocycles. The first-order chi connectivity index (χ1) is 9.20. The SMILES string of the molecule is NNc1cncc(C(=O)NCCNC(=O)C2CC2)n1. The number of amides is 2. The van der Waals surface area contributed by atoms with Crippen molar-refractivity contribution in [3.05, 3.63) is 18.1 Å². The third kappa shape index (κ3) is 3.88. The summed E-state index contributed by atoms with van der Waals surface area (Å²) in [5.41, 5.74) is 2.48. The molecule has 1 aliphatic rings. The van der Waals surface area contributed by atoms with Crippen LogP contribution in [-0.4, -0.2) is 34.9 Å². The highest BCUT2D eigenvalue weighted by molar-refractivity contribution is 5.92. The lowest BCUT2D eigenvalue weighted by Crippen LogP contribution is -2.35. The average Bonchev–Trinajstić information content (AvgIpc) is 3.27. The van der Waals surface area contributed by atoms with E-state index in [1.165, 1.54) is 12.4 Å². The van der Waals surface area contributed by atoms with Crippen molar-refractivity contribution in [1.82, 2.24) is 20.6 Å². The molecule has 1 aromatic heterocycles. The molecule has 8 nitrogen and oxygen atoms in total. The van der Waals surface area contributed by atoms with Crippen LogP contribution in [0.15, 0.2) is 12.4 Å². The van der Waals surface area contributed by atoms with Gasteiger partial charge in [0.05, 0.1) is 12.4 Å². The van der Waals surface area contributed by atoms with Gasteiger partial charge in [-0.1, -0.05) is 0 Å². The Morgan fingerprint density at radius 2 is 2.00 bits per heavy atom. The van der Waals surface area contributed by atoms with Gasteiger partial charge < -0.3 is 16.1 Å². The number of nitrogens with one attached hydrogen (secondary N) is 3. The van der Waals surface area contributed by atoms with E-state index in [1.807, 2.05) is 0 Å². The zero-order chi connectivity index (χ0) is 13.7. The summed E-state index contributed by atoms with van der Waals surface area (Å²) in [5, 5.41) is 5.39. The number of hydrogen-bond acceptors (Lipinski definition) is 6. The first-order valence-electron chi connectivity index (χ1n) is 6.05. The summed E-state index contributed by atoms with van der Waals surface area (Å²) in [6.45, 7) is 0.753. The Morgan fingerprint density at radius 1 is 1.26 bits per heavy atom. The van der Waals surface area contributed by atoms with Gasteiger partial charge in [0.15, 0.2) is 5.82 Å². The lowest BCUT2D eigenvalue weighted by molar-refractivity contribution is -0.122. The van der Waals surface area contributed by atoms with Crippen molar-refractivity contribution < 1.29 is 9.59 Å². The van der Waals surface area contributed by atoms with Gasteiger partial charge in [0.2, 0.25) is 5.91 Å². The van der Waals surface area contributed by atoms with Crippen LogP contribution in [0.4, 0.5) is 5.82 Å². The van der Waals surface area contributed by atoms with Crippen molar-refractivity contribution in [2.24, 2.45) is 11.8 Å². The molecular formula is C11H16N6O2. The summed E-state index contributed by atoms with van der Waals surface area (Å²) in [6, 6.07) is 0. The number of nitrogens with two attached hydrogens (primary N) is 1. The van der Waals surface area contributed by atoms with Crippen molar-refractivity contribution in [1.29, 1.82) is 0 Å². The molecule has 0 radical (unpaired) electrons.